The number of amides is 1. The van der Waals surface area contributed by atoms with Crippen LogP contribution in [0.4, 0.5) is 14.5 Å². The van der Waals surface area contributed by atoms with E-state index in [1.807, 2.05) is 0 Å². The Morgan fingerprint density at radius 1 is 1.42 bits per heavy atom. The third-order valence-electron chi connectivity index (χ3n) is 2.86. The number of anilines is 1. The van der Waals surface area contributed by atoms with Crippen molar-refractivity contribution in [3.8, 4) is 0 Å². The van der Waals surface area contributed by atoms with Gasteiger partial charge in [-0.3, -0.25) is 4.79 Å². The number of nitrogens with one attached hydrogen (secondary N) is 2. The monoisotopic (exact) mass is 402 g/mol. The van der Waals surface area contributed by atoms with Crippen LogP contribution in [0.15, 0.2) is 12.1 Å². The van der Waals surface area contributed by atoms with Crippen molar-refractivity contribution >= 4 is 46.6 Å². The van der Waals surface area contributed by atoms with E-state index in [2.05, 4.69) is 10.6 Å². The van der Waals surface area contributed by atoms with Crippen molar-refractivity contribution in [1.29, 1.82) is 0 Å². The van der Waals surface area contributed by atoms with Crippen molar-refractivity contribution in [2.75, 3.05) is 11.9 Å². The molecule has 3 nitrogen and oxygen atoms in total. The van der Waals surface area contributed by atoms with Crippen LogP contribution in [0, 0.1) is 15.2 Å². The van der Waals surface area contributed by atoms with Gasteiger partial charge in [0.25, 0.3) is 0 Å². The predicted octanol–water partition coefficient (Wildman–Crippen LogP) is 3.07. The summed E-state index contributed by atoms with van der Waals surface area (Å²) in [6.07, 6.45) is 2.35. The first-order chi connectivity index (χ1) is 8.56. The van der Waals surface area contributed by atoms with E-state index < -0.39 is 11.6 Å². The average molecular weight is 403 g/mol. The van der Waals surface area contributed by atoms with Crippen LogP contribution in [0.1, 0.15) is 19.3 Å². The summed E-state index contributed by atoms with van der Waals surface area (Å²) in [4.78, 5) is 11.7. The van der Waals surface area contributed by atoms with Gasteiger partial charge in [0.1, 0.15) is 11.6 Å². The Bertz CT molecular complexity index is 444. The smallest absolute Gasteiger partial charge is 0.225 e. The molecule has 0 saturated carbocycles. The summed E-state index contributed by atoms with van der Waals surface area (Å²) in [5, 5.41) is 5.71. The van der Waals surface area contributed by atoms with Gasteiger partial charge in [0.05, 0.1) is 3.57 Å². The zero-order valence-electron chi connectivity index (χ0n) is 10.0. The van der Waals surface area contributed by atoms with Crippen LogP contribution in [-0.2, 0) is 4.79 Å². The number of hydrogen-bond donors (Lipinski definition) is 2. The molecule has 1 heterocycles. The maximum absolute atomic E-state index is 13.3. The second-order valence-corrected chi connectivity index (χ2v) is 5.38. The van der Waals surface area contributed by atoms with Crippen molar-refractivity contribution < 1.29 is 13.6 Å². The zero-order chi connectivity index (χ0) is 13.1. The molecule has 2 N–H and O–H groups in total. The molecule has 7 heteroatoms. The summed E-state index contributed by atoms with van der Waals surface area (Å²) in [6.45, 7) is 0.921. The summed E-state index contributed by atoms with van der Waals surface area (Å²) in [5.41, 5.74) is 0.161. The Morgan fingerprint density at radius 3 is 2.58 bits per heavy atom. The highest BCUT2D eigenvalue weighted by atomic mass is 127. The number of rotatable bonds is 3. The lowest BCUT2D eigenvalue weighted by atomic mass is 10.1. The van der Waals surface area contributed by atoms with Crippen LogP contribution in [0.25, 0.3) is 0 Å². The Balaban J connectivity index is 0.00000180. The standard InChI is InChI=1S/C12H13F2IN2O.ClH/c13-9-4-8(5-10(14)12(9)15)17-11(18)6-7-2-1-3-16-7;/h4-5,7,16H,1-3,6H2,(H,17,18);1H. The Hall–Kier alpha value is -0.470. The Labute approximate surface area is 130 Å². The second-order valence-electron chi connectivity index (χ2n) is 4.30. The first kappa shape index (κ1) is 16.6. The highest BCUT2D eigenvalue weighted by Gasteiger charge is 2.18. The van der Waals surface area contributed by atoms with E-state index in [0.717, 1.165) is 31.5 Å². The minimum atomic E-state index is -0.662. The molecule has 19 heavy (non-hydrogen) atoms. The van der Waals surface area contributed by atoms with E-state index in [1.165, 1.54) is 0 Å². The fraction of sp³-hybridized carbons (Fsp3) is 0.417. The van der Waals surface area contributed by atoms with Gasteiger partial charge in [-0.2, -0.15) is 0 Å². The fourth-order valence-electron chi connectivity index (χ4n) is 1.99. The summed E-state index contributed by atoms with van der Waals surface area (Å²) in [6, 6.07) is 2.43. The normalized spacial score (nSPS) is 17.9. The maximum Gasteiger partial charge on any atom is 0.225 e. The highest BCUT2D eigenvalue weighted by molar-refractivity contribution is 14.1. The highest BCUT2D eigenvalue weighted by Crippen LogP contribution is 2.20. The van der Waals surface area contributed by atoms with Gasteiger partial charge in [-0.1, -0.05) is 0 Å². The van der Waals surface area contributed by atoms with Gasteiger partial charge in [0, 0.05) is 18.2 Å². The SMILES string of the molecule is Cl.O=C(CC1CCCN1)Nc1cc(F)c(I)c(F)c1. The Kier molecular flexibility index (Phi) is 6.41. The van der Waals surface area contributed by atoms with Gasteiger partial charge in [0.2, 0.25) is 5.91 Å². The summed E-state index contributed by atoms with van der Waals surface area (Å²) >= 11 is 1.59. The van der Waals surface area contributed by atoms with Crippen molar-refractivity contribution in [1.82, 2.24) is 5.32 Å². The molecule has 1 amide bonds. The Morgan fingerprint density at radius 2 is 2.05 bits per heavy atom. The lowest BCUT2D eigenvalue weighted by Crippen LogP contribution is -2.27. The molecule has 1 atom stereocenters. The summed E-state index contributed by atoms with van der Waals surface area (Å²) in [5.74, 6) is -1.55. The molecule has 1 aliphatic rings. The lowest BCUT2D eigenvalue weighted by molar-refractivity contribution is -0.116. The van der Waals surface area contributed by atoms with Crippen LogP contribution >= 0.6 is 35.0 Å². The van der Waals surface area contributed by atoms with Gasteiger partial charge >= 0.3 is 0 Å². The third kappa shape index (κ3) is 4.54. The van der Waals surface area contributed by atoms with E-state index in [4.69, 9.17) is 0 Å². The van der Waals surface area contributed by atoms with Gasteiger partial charge in [-0.15, -0.1) is 12.4 Å². The largest absolute Gasteiger partial charge is 0.326 e. The molecule has 0 bridgehead atoms. The third-order valence-corrected chi connectivity index (χ3v) is 3.89. The molecule has 1 fully saturated rings. The molecule has 0 radical (unpaired) electrons. The molecular weight excluding hydrogens is 388 g/mol. The lowest BCUT2D eigenvalue weighted by Gasteiger charge is -2.11. The second kappa shape index (κ2) is 7.35. The van der Waals surface area contributed by atoms with E-state index in [9.17, 15) is 13.6 Å². The molecule has 1 saturated heterocycles. The number of carbonyl (C=O) groups is 1. The van der Waals surface area contributed by atoms with Gasteiger partial charge < -0.3 is 10.6 Å². The average Bonchev–Trinajstić information content (AvgIpc) is 2.78. The van der Waals surface area contributed by atoms with Crippen molar-refractivity contribution in [2.45, 2.75) is 25.3 Å². The van der Waals surface area contributed by atoms with E-state index in [1.54, 1.807) is 22.6 Å². The first-order valence-electron chi connectivity index (χ1n) is 5.74. The van der Waals surface area contributed by atoms with Gasteiger partial charge in [0.15, 0.2) is 0 Å². The minimum absolute atomic E-state index is 0. The summed E-state index contributed by atoms with van der Waals surface area (Å²) < 4.78 is 26.5. The molecule has 0 spiro atoms. The van der Waals surface area contributed by atoms with Crippen molar-refractivity contribution in [3.05, 3.63) is 27.3 Å². The topological polar surface area (TPSA) is 41.1 Å². The molecule has 0 aliphatic carbocycles. The van der Waals surface area contributed by atoms with Crippen LogP contribution < -0.4 is 10.6 Å². The van der Waals surface area contributed by atoms with Crippen LogP contribution in [0.5, 0.6) is 0 Å². The minimum Gasteiger partial charge on any atom is -0.326 e. The van der Waals surface area contributed by atoms with Gasteiger partial charge in [-0.25, -0.2) is 8.78 Å². The number of halogens is 4. The molecule has 1 aliphatic heterocycles. The fourth-order valence-corrected chi connectivity index (χ4v) is 2.31. The van der Waals surface area contributed by atoms with Crippen molar-refractivity contribution in [3.63, 3.8) is 0 Å². The zero-order valence-corrected chi connectivity index (χ0v) is 13.0. The predicted molar refractivity (Wildman–Crippen MR) is 80.6 cm³/mol. The molecule has 2 rings (SSSR count). The summed E-state index contributed by atoms with van der Waals surface area (Å²) in [7, 11) is 0. The van der Waals surface area contributed by atoms with Crippen LogP contribution in [0.2, 0.25) is 0 Å². The van der Waals surface area contributed by atoms with Crippen molar-refractivity contribution in [2.24, 2.45) is 0 Å². The molecule has 1 aromatic rings. The molecule has 0 aromatic heterocycles. The van der Waals surface area contributed by atoms with Crippen LogP contribution in [0.3, 0.4) is 0 Å². The molecule has 106 valence electrons. The van der Waals surface area contributed by atoms with E-state index >= 15 is 0 Å². The number of carbonyl (C=O) groups excluding carboxylic acids is 1. The molecular formula is C12H14ClF2IN2O. The number of hydrogen-bond acceptors (Lipinski definition) is 2. The maximum atomic E-state index is 13.3. The van der Waals surface area contributed by atoms with Crippen LogP contribution in [-0.4, -0.2) is 18.5 Å². The quantitative estimate of drug-likeness (QED) is 0.603. The molecule has 1 unspecified atom stereocenters. The first-order valence-corrected chi connectivity index (χ1v) is 6.82. The van der Waals surface area contributed by atoms with E-state index in [0.29, 0.717) is 6.42 Å². The van der Waals surface area contributed by atoms with Gasteiger partial charge in [-0.05, 0) is 54.1 Å². The number of benzene rings is 1. The molecule has 1 aromatic carbocycles. The van der Waals surface area contributed by atoms with E-state index in [-0.39, 0.29) is 33.6 Å².